The summed E-state index contributed by atoms with van der Waals surface area (Å²) in [6, 6.07) is 14.6. The fourth-order valence-electron chi connectivity index (χ4n) is 3.79. The summed E-state index contributed by atoms with van der Waals surface area (Å²) >= 11 is 0. The highest BCUT2D eigenvalue weighted by atomic mass is 16.7. The van der Waals surface area contributed by atoms with Gasteiger partial charge in [0, 0.05) is 18.8 Å². The maximum atomic E-state index is 5.55. The van der Waals surface area contributed by atoms with Crippen LogP contribution in [0, 0.1) is 0 Å². The molecule has 0 radical (unpaired) electrons. The maximum absolute atomic E-state index is 5.55. The molecule has 158 valence electrons. The minimum Gasteiger partial charge on any atom is -0.497 e. The second kappa shape index (κ2) is 11.6. The standard InChI is InChI=1S/C25H35NO3/c1-3-4-5-6-7-8-9-10-17-26(22-12-14-23(27-2)15-13-22)19-21-11-16-24-25(18-21)29-20-28-24/h11-16,18H,3-10,17,19-20H2,1-2H3. The molecule has 0 saturated heterocycles. The largest absolute Gasteiger partial charge is 0.497 e. The zero-order valence-corrected chi connectivity index (χ0v) is 18.0. The molecule has 0 amide bonds. The number of fused-ring (bicyclic) bond motifs is 1. The lowest BCUT2D eigenvalue weighted by molar-refractivity contribution is 0.174. The molecular formula is C25H35NO3. The molecule has 2 aromatic carbocycles. The summed E-state index contributed by atoms with van der Waals surface area (Å²) in [4.78, 5) is 2.45. The van der Waals surface area contributed by atoms with Crippen LogP contribution >= 0.6 is 0 Å². The number of ether oxygens (including phenoxy) is 3. The number of methoxy groups -OCH3 is 1. The van der Waals surface area contributed by atoms with E-state index in [-0.39, 0.29) is 0 Å². The van der Waals surface area contributed by atoms with Gasteiger partial charge in [-0.05, 0) is 48.4 Å². The first-order valence-electron chi connectivity index (χ1n) is 11.1. The van der Waals surface area contributed by atoms with Crippen molar-refractivity contribution >= 4 is 5.69 Å². The second-order valence-corrected chi connectivity index (χ2v) is 7.78. The van der Waals surface area contributed by atoms with Crippen LogP contribution in [0.5, 0.6) is 17.2 Å². The molecule has 0 bridgehead atoms. The molecule has 0 aromatic heterocycles. The number of unbranched alkanes of at least 4 members (excludes halogenated alkanes) is 7. The molecule has 3 rings (SSSR count). The van der Waals surface area contributed by atoms with E-state index in [2.05, 4.69) is 36.1 Å². The zero-order valence-electron chi connectivity index (χ0n) is 18.0. The Labute approximate surface area is 175 Å². The average Bonchev–Trinajstić information content (AvgIpc) is 3.23. The summed E-state index contributed by atoms with van der Waals surface area (Å²) in [5.41, 5.74) is 2.47. The molecule has 0 spiro atoms. The number of hydrogen-bond donors (Lipinski definition) is 0. The van der Waals surface area contributed by atoms with E-state index < -0.39 is 0 Å². The average molecular weight is 398 g/mol. The summed E-state index contributed by atoms with van der Waals surface area (Å²) in [7, 11) is 1.71. The van der Waals surface area contributed by atoms with Gasteiger partial charge in [0.05, 0.1) is 7.11 Å². The zero-order chi connectivity index (χ0) is 20.3. The fourth-order valence-corrected chi connectivity index (χ4v) is 3.79. The third kappa shape index (κ3) is 6.59. The van der Waals surface area contributed by atoms with E-state index in [9.17, 15) is 0 Å². The number of anilines is 1. The molecule has 0 saturated carbocycles. The van der Waals surface area contributed by atoms with Crippen molar-refractivity contribution < 1.29 is 14.2 Å². The van der Waals surface area contributed by atoms with E-state index in [0.717, 1.165) is 30.3 Å². The van der Waals surface area contributed by atoms with Crippen molar-refractivity contribution in [2.75, 3.05) is 25.3 Å². The molecule has 1 aliphatic heterocycles. The number of hydrogen-bond acceptors (Lipinski definition) is 4. The van der Waals surface area contributed by atoms with Gasteiger partial charge in [-0.25, -0.2) is 0 Å². The molecule has 2 aromatic rings. The highest BCUT2D eigenvalue weighted by Gasteiger charge is 2.15. The molecule has 1 heterocycles. The SMILES string of the molecule is CCCCCCCCCCN(Cc1ccc2c(c1)OCO2)c1ccc(OC)cc1. The van der Waals surface area contributed by atoms with Gasteiger partial charge in [-0.2, -0.15) is 0 Å². The van der Waals surface area contributed by atoms with Crippen LogP contribution < -0.4 is 19.1 Å². The Balaban J connectivity index is 1.56. The Morgan fingerprint density at radius 1 is 0.828 bits per heavy atom. The Hall–Kier alpha value is -2.36. The van der Waals surface area contributed by atoms with E-state index in [0.29, 0.717) is 6.79 Å². The molecule has 29 heavy (non-hydrogen) atoms. The summed E-state index contributed by atoms with van der Waals surface area (Å²) in [6.07, 6.45) is 10.7. The van der Waals surface area contributed by atoms with Gasteiger partial charge in [0.15, 0.2) is 11.5 Å². The lowest BCUT2D eigenvalue weighted by atomic mass is 10.1. The van der Waals surface area contributed by atoms with Gasteiger partial charge in [-0.3, -0.25) is 0 Å². The van der Waals surface area contributed by atoms with Crippen LogP contribution in [-0.4, -0.2) is 20.4 Å². The van der Waals surface area contributed by atoms with Gasteiger partial charge in [-0.1, -0.05) is 57.9 Å². The third-order valence-electron chi connectivity index (χ3n) is 5.53. The third-order valence-corrected chi connectivity index (χ3v) is 5.53. The topological polar surface area (TPSA) is 30.9 Å². The van der Waals surface area contributed by atoms with E-state index >= 15 is 0 Å². The van der Waals surface area contributed by atoms with E-state index in [1.165, 1.54) is 62.6 Å². The van der Waals surface area contributed by atoms with Gasteiger partial charge < -0.3 is 19.1 Å². The van der Waals surface area contributed by atoms with Gasteiger partial charge >= 0.3 is 0 Å². The van der Waals surface area contributed by atoms with Crippen molar-refractivity contribution in [1.29, 1.82) is 0 Å². The number of nitrogens with zero attached hydrogens (tertiary/aromatic N) is 1. The van der Waals surface area contributed by atoms with Crippen LogP contribution in [0.4, 0.5) is 5.69 Å². The predicted molar refractivity (Wildman–Crippen MR) is 119 cm³/mol. The van der Waals surface area contributed by atoms with Gasteiger partial charge in [0.25, 0.3) is 0 Å². The first-order valence-corrected chi connectivity index (χ1v) is 11.1. The smallest absolute Gasteiger partial charge is 0.231 e. The highest BCUT2D eigenvalue weighted by molar-refractivity contribution is 5.51. The van der Waals surface area contributed by atoms with Crippen LogP contribution in [-0.2, 0) is 6.54 Å². The van der Waals surface area contributed by atoms with Crippen LogP contribution in [0.1, 0.15) is 63.9 Å². The Kier molecular flexibility index (Phi) is 8.54. The molecular weight excluding hydrogens is 362 g/mol. The quantitative estimate of drug-likeness (QED) is 0.358. The minimum atomic E-state index is 0.319. The molecule has 4 heteroatoms. The lowest BCUT2D eigenvalue weighted by Gasteiger charge is -2.25. The van der Waals surface area contributed by atoms with Gasteiger partial charge in [-0.15, -0.1) is 0 Å². The first kappa shape index (κ1) is 21.4. The minimum absolute atomic E-state index is 0.319. The normalized spacial score (nSPS) is 12.2. The van der Waals surface area contributed by atoms with E-state index in [1.807, 2.05) is 18.2 Å². The molecule has 0 unspecified atom stereocenters. The van der Waals surface area contributed by atoms with Gasteiger partial charge in [0.1, 0.15) is 5.75 Å². The predicted octanol–water partition coefficient (Wildman–Crippen LogP) is 6.57. The first-order chi connectivity index (χ1) is 14.3. The highest BCUT2D eigenvalue weighted by Crippen LogP contribution is 2.33. The van der Waals surface area contributed by atoms with Crippen molar-refractivity contribution in [3.05, 3.63) is 48.0 Å². The maximum Gasteiger partial charge on any atom is 0.231 e. The van der Waals surface area contributed by atoms with E-state index in [1.54, 1.807) is 7.11 Å². The summed E-state index contributed by atoms with van der Waals surface area (Å²) in [5, 5.41) is 0. The molecule has 0 aliphatic carbocycles. The number of rotatable bonds is 13. The van der Waals surface area contributed by atoms with Crippen molar-refractivity contribution in [3.63, 3.8) is 0 Å². The van der Waals surface area contributed by atoms with E-state index in [4.69, 9.17) is 14.2 Å². The van der Waals surface area contributed by atoms with Crippen LogP contribution in [0.25, 0.3) is 0 Å². The van der Waals surface area contributed by atoms with Crippen LogP contribution in [0.3, 0.4) is 0 Å². The fraction of sp³-hybridized carbons (Fsp3) is 0.520. The molecule has 0 N–H and O–H groups in total. The van der Waals surface area contributed by atoms with Crippen molar-refractivity contribution in [2.24, 2.45) is 0 Å². The lowest BCUT2D eigenvalue weighted by Crippen LogP contribution is -2.23. The Morgan fingerprint density at radius 3 is 2.24 bits per heavy atom. The Bertz CT molecular complexity index is 729. The Morgan fingerprint density at radius 2 is 1.52 bits per heavy atom. The molecule has 4 nitrogen and oxygen atoms in total. The van der Waals surface area contributed by atoms with Crippen LogP contribution in [0.15, 0.2) is 42.5 Å². The van der Waals surface area contributed by atoms with Gasteiger partial charge in [0.2, 0.25) is 6.79 Å². The van der Waals surface area contributed by atoms with Crippen molar-refractivity contribution in [2.45, 2.75) is 64.8 Å². The van der Waals surface area contributed by atoms with Crippen LogP contribution in [0.2, 0.25) is 0 Å². The second-order valence-electron chi connectivity index (χ2n) is 7.78. The van der Waals surface area contributed by atoms with Crippen molar-refractivity contribution in [3.8, 4) is 17.2 Å². The summed E-state index contributed by atoms with van der Waals surface area (Å²) in [6.45, 7) is 4.50. The molecule has 1 aliphatic rings. The molecule has 0 atom stereocenters. The summed E-state index contributed by atoms with van der Waals surface area (Å²) in [5.74, 6) is 2.58. The summed E-state index contributed by atoms with van der Waals surface area (Å²) < 4.78 is 16.3. The number of benzene rings is 2. The van der Waals surface area contributed by atoms with Crippen molar-refractivity contribution in [1.82, 2.24) is 0 Å². The molecule has 0 fully saturated rings. The monoisotopic (exact) mass is 397 g/mol.